The number of carbonyl (C=O) groups excluding carboxylic acids is 2. The molecule has 0 saturated carbocycles. The molecule has 3 aromatic rings. The van der Waals surface area contributed by atoms with E-state index in [2.05, 4.69) is 36.0 Å². The van der Waals surface area contributed by atoms with Gasteiger partial charge in [0.25, 0.3) is 5.91 Å². The number of carbonyl (C=O) groups is 2. The molecule has 0 fully saturated rings. The molecule has 2 aliphatic heterocycles. The first-order valence-corrected chi connectivity index (χ1v) is 10.1. The van der Waals surface area contributed by atoms with Crippen LogP contribution in [0.4, 0.5) is 5.69 Å². The van der Waals surface area contributed by atoms with Crippen LogP contribution >= 0.6 is 0 Å². The largest absolute Gasteiger partial charge is 0.508 e. The van der Waals surface area contributed by atoms with Gasteiger partial charge in [0.1, 0.15) is 5.75 Å². The highest BCUT2D eigenvalue weighted by molar-refractivity contribution is 6.11. The van der Waals surface area contributed by atoms with E-state index in [0.717, 1.165) is 33.4 Å². The van der Waals surface area contributed by atoms with Crippen LogP contribution in [0.3, 0.4) is 0 Å². The maximum atomic E-state index is 13.3. The van der Waals surface area contributed by atoms with Gasteiger partial charge in [-0.3, -0.25) is 14.5 Å². The standard InChI is InChI=1S/C24H23N3O3/c1-13(2)26-11-17-21(15-7-9-16(29)10-8-15)23-19(12-27(14(3)28)24(23)30)25-18-5-4-6-20(26)22(17)18/h4-11,13,21,25,29H,12H2,1-3H3/t21-/m1/s1. The molecule has 0 radical (unpaired) electrons. The number of phenolic OH excluding ortho intramolecular Hbond substituents is 1. The summed E-state index contributed by atoms with van der Waals surface area (Å²) in [6.07, 6.45) is 2.12. The van der Waals surface area contributed by atoms with Crippen molar-refractivity contribution in [2.75, 3.05) is 11.9 Å². The molecule has 3 heterocycles. The Kier molecular flexibility index (Phi) is 4.00. The molecule has 152 valence electrons. The molecule has 0 saturated heterocycles. The van der Waals surface area contributed by atoms with Crippen molar-refractivity contribution in [3.8, 4) is 5.75 Å². The number of hydrogen-bond donors (Lipinski definition) is 2. The Balaban J connectivity index is 1.82. The van der Waals surface area contributed by atoms with Gasteiger partial charge in [0, 0.05) is 41.9 Å². The third-order valence-electron chi connectivity index (χ3n) is 6.05. The van der Waals surface area contributed by atoms with E-state index in [1.807, 2.05) is 24.3 Å². The molecule has 2 N–H and O–H groups in total. The van der Waals surface area contributed by atoms with Crippen LogP contribution in [0.15, 0.2) is 59.9 Å². The van der Waals surface area contributed by atoms with Crippen molar-refractivity contribution in [3.05, 3.63) is 71.1 Å². The molecule has 30 heavy (non-hydrogen) atoms. The smallest absolute Gasteiger partial charge is 0.259 e. The van der Waals surface area contributed by atoms with E-state index in [1.54, 1.807) is 12.1 Å². The average Bonchev–Trinajstić information content (AvgIpc) is 3.20. The molecule has 6 heteroatoms. The van der Waals surface area contributed by atoms with E-state index < -0.39 is 0 Å². The highest BCUT2D eigenvalue weighted by Crippen LogP contribution is 2.47. The third kappa shape index (κ3) is 2.56. The summed E-state index contributed by atoms with van der Waals surface area (Å²) in [4.78, 5) is 26.8. The number of hydrogen-bond acceptors (Lipinski definition) is 4. The molecule has 2 amide bonds. The lowest BCUT2D eigenvalue weighted by molar-refractivity contribution is -0.139. The highest BCUT2D eigenvalue weighted by Gasteiger charge is 2.41. The van der Waals surface area contributed by atoms with Gasteiger partial charge in [0.15, 0.2) is 0 Å². The van der Waals surface area contributed by atoms with E-state index in [-0.39, 0.29) is 36.1 Å². The highest BCUT2D eigenvalue weighted by atomic mass is 16.3. The summed E-state index contributed by atoms with van der Waals surface area (Å²) in [5.41, 5.74) is 5.32. The average molecular weight is 401 g/mol. The normalized spacial score (nSPS) is 18.1. The quantitative estimate of drug-likeness (QED) is 0.677. The molecule has 0 aliphatic carbocycles. The molecule has 5 rings (SSSR count). The summed E-state index contributed by atoms with van der Waals surface area (Å²) in [5.74, 6) is -0.692. The zero-order chi connectivity index (χ0) is 21.2. The summed E-state index contributed by atoms with van der Waals surface area (Å²) in [7, 11) is 0. The fourth-order valence-corrected chi connectivity index (χ4v) is 4.67. The minimum atomic E-state index is -0.337. The van der Waals surface area contributed by atoms with Gasteiger partial charge in [0.05, 0.1) is 17.6 Å². The van der Waals surface area contributed by atoms with Crippen LogP contribution in [-0.2, 0) is 9.59 Å². The summed E-state index contributed by atoms with van der Waals surface area (Å²) >= 11 is 0. The summed E-state index contributed by atoms with van der Waals surface area (Å²) in [5, 5.41) is 14.4. The fraction of sp³-hybridized carbons (Fsp3) is 0.250. The number of aromatic hydroxyl groups is 1. The number of nitrogens with one attached hydrogen (secondary N) is 1. The van der Waals surface area contributed by atoms with E-state index in [0.29, 0.717) is 5.57 Å². The summed E-state index contributed by atoms with van der Waals surface area (Å²) in [6, 6.07) is 13.3. The molecule has 1 atom stereocenters. The van der Waals surface area contributed by atoms with Crippen LogP contribution < -0.4 is 5.32 Å². The van der Waals surface area contributed by atoms with Gasteiger partial charge < -0.3 is 15.0 Å². The zero-order valence-corrected chi connectivity index (χ0v) is 17.1. The van der Waals surface area contributed by atoms with E-state index >= 15 is 0 Å². The summed E-state index contributed by atoms with van der Waals surface area (Å²) < 4.78 is 2.22. The molecule has 0 unspecified atom stereocenters. The van der Waals surface area contributed by atoms with Crippen LogP contribution in [0.5, 0.6) is 5.75 Å². The van der Waals surface area contributed by atoms with Crippen molar-refractivity contribution in [2.45, 2.75) is 32.7 Å². The van der Waals surface area contributed by atoms with Crippen molar-refractivity contribution >= 4 is 28.4 Å². The predicted octanol–water partition coefficient (Wildman–Crippen LogP) is 4.13. The lowest BCUT2D eigenvalue weighted by Gasteiger charge is -2.19. The van der Waals surface area contributed by atoms with Crippen molar-refractivity contribution in [3.63, 3.8) is 0 Å². The Morgan fingerprint density at radius 2 is 1.90 bits per heavy atom. The van der Waals surface area contributed by atoms with Gasteiger partial charge in [-0.25, -0.2) is 0 Å². The van der Waals surface area contributed by atoms with Gasteiger partial charge >= 0.3 is 0 Å². The zero-order valence-electron chi connectivity index (χ0n) is 17.1. The van der Waals surface area contributed by atoms with Crippen molar-refractivity contribution in [1.29, 1.82) is 0 Å². The number of rotatable bonds is 2. The first-order chi connectivity index (χ1) is 14.4. The molecular weight excluding hydrogens is 378 g/mol. The number of anilines is 1. The van der Waals surface area contributed by atoms with Crippen LogP contribution in [0, 0.1) is 0 Å². The summed E-state index contributed by atoms with van der Waals surface area (Å²) in [6.45, 7) is 5.92. The molecule has 1 aromatic heterocycles. The maximum Gasteiger partial charge on any atom is 0.259 e. The van der Waals surface area contributed by atoms with Gasteiger partial charge in [-0.1, -0.05) is 18.2 Å². The maximum absolute atomic E-state index is 13.3. The fourth-order valence-electron chi connectivity index (χ4n) is 4.67. The first-order valence-electron chi connectivity index (χ1n) is 10.1. The lowest BCUT2D eigenvalue weighted by Crippen LogP contribution is -2.33. The van der Waals surface area contributed by atoms with Crippen molar-refractivity contribution in [1.82, 2.24) is 9.47 Å². The molecule has 0 spiro atoms. The van der Waals surface area contributed by atoms with Gasteiger partial charge in [-0.15, -0.1) is 0 Å². The number of amides is 2. The SMILES string of the molecule is CC(=O)N1CC2=C(C1=O)[C@H](c1ccc(O)cc1)c1cn(C(C)C)c3cccc(c13)N2. The number of phenols is 1. The van der Waals surface area contributed by atoms with Crippen LogP contribution in [-0.4, -0.2) is 32.9 Å². The first kappa shape index (κ1) is 18.5. The Morgan fingerprint density at radius 1 is 1.17 bits per heavy atom. The van der Waals surface area contributed by atoms with Gasteiger partial charge in [-0.05, 0) is 49.2 Å². The third-order valence-corrected chi connectivity index (χ3v) is 6.05. The number of benzene rings is 2. The van der Waals surface area contributed by atoms with E-state index in [4.69, 9.17) is 0 Å². The Labute approximate surface area is 174 Å². The van der Waals surface area contributed by atoms with Crippen LogP contribution in [0.25, 0.3) is 10.9 Å². The van der Waals surface area contributed by atoms with Crippen molar-refractivity contribution in [2.24, 2.45) is 0 Å². The molecule has 0 bridgehead atoms. The minimum absolute atomic E-state index is 0.174. The molecule has 6 nitrogen and oxygen atoms in total. The second-order valence-corrected chi connectivity index (χ2v) is 8.24. The molecule has 2 aromatic carbocycles. The second kappa shape index (κ2) is 6.49. The van der Waals surface area contributed by atoms with E-state index in [1.165, 1.54) is 11.8 Å². The van der Waals surface area contributed by atoms with E-state index in [9.17, 15) is 14.7 Å². The van der Waals surface area contributed by atoms with Gasteiger partial charge in [-0.2, -0.15) is 0 Å². The number of nitrogens with zero attached hydrogens (tertiary/aromatic N) is 2. The Bertz CT molecular complexity index is 1230. The monoisotopic (exact) mass is 401 g/mol. The number of imide groups is 1. The molecular formula is C24H23N3O3. The Hall–Kier alpha value is -3.54. The molecule has 2 aliphatic rings. The number of aromatic nitrogens is 1. The van der Waals surface area contributed by atoms with Crippen LogP contribution in [0.1, 0.15) is 43.9 Å². The van der Waals surface area contributed by atoms with Crippen LogP contribution in [0.2, 0.25) is 0 Å². The van der Waals surface area contributed by atoms with Crippen molar-refractivity contribution < 1.29 is 14.7 Å². The Morgan fingerprint density at radius 3 is 2.57 bits per heavy atom. The second-order valence-electron chi connectivity index (χ2n) is 8.24. The van der Waals surface area contributed by atoms with Gasteiger partial charge in [0.2, 0.25) is 5.91 Å². The topological polar surface area (TPSA) is 74.6 Å². The lowest BCUT2D eigenvalue weighted by atomic mass is 9.84. The minimum Gasteiger partial charge on any atom is -0.508 e. The predicted molar refractivity (Wildman–Crippen MR) is 115 cm³/mol.